The molecule has 0 saturated carbocycles. The van der Waals surface area contributed by atoms with Crippen LogP contribution >= 0.6 is 0 Å². The Labute approximate surface area is 155 Å². The van der Waals surface area contributed by atoms with Crippen LogP contribution in [-0.4, -0.2) is 53.3 Å². The average molecular weight is 362 g/mol. The van der Waals surface area contributed by atoms with Crippen molar-refractivity contribution in [2.45, 2.75) is 52.7 Å². The SMILES string of the molecule is CC(C)C[C@H]1CN(c2ccc(C(=O)O)cc2)CCN1C(=O)OC(C)(C)C. The number of anilines is 1. The number of benzene rings is 1. The van der Waals surface area contributed by atoms with Crippen LogP contribution < -0.4 is 4.90 Å². The first kappa shape index (κ1) is 20.1. The standard InChI is InChI=1S/C20H30N2O4/c1-14(2)12-17-13-21(16-8-6-15(7-9-16)18(23)24)10-11-22(17)19(25)26-20(3,4)5/h6-9,14,17H,10-13H2,1-5H3,(H,23,24)/t17-/m0/s1. The van der Waals surface area contributed by atoms with Crippen molar-refractivity contribution < 1.29 is 19.4 Å². The van der Waals surface area contributed by atoms with E-state index in [0.29, 0.717) is 25.6 Å². The van der Waals surface area contributed by atoms with Crippen molar-refractivity contribution in [3.63, 3.8) is 0 Å². The molecule has 1 fully saturated rings. The molecule has 0 spiro atoms. The molecule has 1 heterocycles. The van der Waals surface area contributed by atoms with Crippen LogP contribution in [0.1, 0.15) is 51.4 Å². The lowest BCUT2D eigenvalue weighted by molar-refractivity contribution is 0.0119. The highest BCUT2D eigenvalue weighted by Crippen LogP contribution is 2.24. The topological polar surface area (TPSA) is 70.1 Å². The van der Waals surface area contributed by atoms with E-state index < -0.39 is 11.6 Å². The molecule has 0 unspecified atom stereocenters. The summed E-state index contributed by atoms with van der Waals surface area (Å²) in [7, 11) is 0. The summed E-state index contributed by atoms with van der Waals surface area (Å²) in [5, 5.41) is 9.04. The van der Waals surface area contributed by atoms with Gasteiger partial charge in [0.25, 0.3) is 0 Å². The Morgan fingerprint density at radius 1 is 1.19 bits per heavy atom. The molecule has 0 bridgehead atoms. The van der Waals surface area contributed by atoms with Crippen molar-refractivity contribution in [1.29, 1.82) is 0 Å². The number of rotatable bonds is 4. The van der Waals surface area contributed by atoms with Crippen LogP contribution in [0.3, 0.4) is 0 Å². The fraction of sp³-hybridized carbons (Fsp3) is 0.600. The van der Waals surface area contributed by atoms with Crippen molar-refractivity contribution in [2.24, 2.45) is 5.92 Å². The molecule has 0 aromatic heterocycles. The molecule has 1 aromatic carbocycles. The van der Waals surface area contributed by atoms with Crippen molar-refractivity contribution in [1.82, 2.24) is 4.90 Å². The Hall–Kier alpha value is -2.24. The smallest absolute Gasteiger partial charge is 0.410 e. The molecular weight excluding hydrogens is 332 g/mol. The summed E-state index contributed by atoms with van der Waals surface area (Å²) in [6.45, 7) is 11.9. The van der Waals surface area contributed by atoms with Crippen molar-refractivity contribution in [3.8, 4) is 0 Å². The highest BCUT2D eigenvalue weighted by molar-refractivity contribution is 5.88. The number of aromatic carboxylic acids is 1. The van der Waals surface area contributed by atoms with E-state index in [9.17, 15) is 9.59 Å². The second kappa shape index (κ2) is 7.98. The number of amides is 1. The number of carbonyl (C=O) groups is 2. The van der Waals surface area contributed by atoms with Crippen LogP contribution in [0, 0.1) is 5.92 Å². The molecule has 1 amide bonds. The average Bonchev–Trinajstić information content (AvgIpc) is 2.52. The van der Waals surface area contributed by atoms with Crippen LogP contribution in [0.2, 0.25) is 0 Å². The minimum absolute atomic E-state index is 0.0674. The van der Waals surface area contributed by atoms with Crippen LogP contribution in [-0.2, 0) is 4.74 Å². The maximum absolute atomic E-state index is 12.6. The molecule has 1 saturated heterocycles. The molecule has 1 atom stereocenters. The highest BCUT2D eigenvalue weighted by atomic mass is 16.6. The Morgan fingerprint density at radius 3 is 2.31 bits per heavy atom. The van der Waals surface area contributed by atoms with Gasteiger partial charge in [0.2, 0.25) is 0 Å². The zero-order chi connectivity index (χ0) is 19.5. The van der Waals surface area contributed by atoms with Crippen LogP contribution in [0.5, 0.6) is 0 Å². The lowest BCUT2D eigenvalue weighted by Crippen LogP contribution is -2.56. The van der Waals surface area contributed by atoms with Gasteiger partial charge >= 0.3 is 12.1 Å². The fourth-order valence-electron chi connectivity index (χ4n) is 3.21. The van der Waals surface area contributed by atoms with E-state index in [0.717, 1.165) is 12.1 Å². The summed E-state index contributed by atoms with van der Waals surface area (Å²) < 4.78 is 5.58. The molecule has 1 aliphatic rings. The van der Waals surface area contributed by atoms with Gasteiger partial charge < -0.3 is 19.6 Å². The predicted octanol–water partition coefficient (Wildman–Crippen LogP) is 3.86. The largest absolute Gasteiger partial charge is 0.478 e. The molecule has 1 aromatic rings. The quantitative estimate of drug-likeness (QED) is 0.881. The van der Waals surface area contributed by atoms with E-state index >= 15 is 0 Å². The Bertz CT molecular complexity index is 634. The maximum atomic E-state index is 12.6. The van der Waals surface area contributed by atoms with Gasteiger partial charge in [-0.3, -0.25) is 0 Å². The second-order valence-corrected chi connectivity index (χ2v) is 8.26. The second-order valence-electron chi connectivity index (χ2n) is 8.26. The molecule has 26 heavy (non-hydrogen) atoms. The van der Waals surface area contributed by atoms with Gasteiger partial charge in [0.05, 0.1) is 11.6 Å². The fourth-order valence-corrected chi connectivity index (χ4v) is 3.21. The normalized spacial score (nSPS) is 18.2. The van der Waals surface area contributed by atoms with Crippen LogP contribution in [0.4, 0.5) is 10.5 Å². The molecule has 1 aliphatic heterocycles. The molecule has 6 nitrogen and oxygen atoms in total. The number of carboxylic acids is 1. The third-order valence-electron chi connectivity index (χ3n) is 4.33. The minimum atomic E-state index is -0.927. The van der Waals surface area contributed by atoms with Crippen LogP contribution in [0.15, 0.2) is 24.3 Å². The number of piperazine rings is 1. The summed E-state index contributed by atoms with van der Waals surface area (Å²) in [6.07, 6.45) is 0.632. The number of ether oxygens (including phenoxy) is 1. The molecule has 0 radical (unpaired) electrons. The molecule has 2 rings (SSSR count). The van der Waals surface area contributed by atoms with Gasteiger partial charge in [0.1, 0.15) is 5.60 Å². The van der Waals surface area contributed by atoms with Gasteiger partial charge in [0, 0.05) is 25.3 Å². The van der Waals surface area contributed by atoms with E-state index in [2.05, 4.69) is 18.7 Å². The maximum Gasteiger partial charge on any atom is 0.410 e. The van der Waals surface area contributed by atoms with Crippen molar-refractivity contribution >= 4 is 17.7 Å². The molecule has 1 N–H and O–H groups in total. The molecule has 144 valence electrons. The molecule has 0 aliphatic carbocycles. The lowest BCUT2D eigenvalue weighted by Gasteiger charge is -2.43. The van der Waals surface area contributed by atoms with E-state index in [1.165, 1.54) is 0 Å². The first-order chi connectivity index (χ1) is 12.1. The summed E-state index contributed by atoms with van der Waals surface area (Å²) in [5.74, 6) is -0.469. The number of hydrogen-bond donors (Lipinski definition) is 1. The monoisotopic (exact) mass is 362 g/mol. The van der Waals surface area contributed by atoms with Gasteiger partial charge in [-0.25, -0.2) is 9.59 Å². The van der Waals surface area contributed by atoms with E-state index in [1.54, 1.807) is 12.1 Å². The summed E-state index contributed by atoms with van der Waals surface area (Å²) in [5.41, 5.74) is 0.746. The highest BCUT2D eigenvalue weighted by Gasteiger charge is 2.33. The summed E-state index contributed by atoms with van der Waals surface area (Å²) in [4.78, 5) is 27.7. The van der Waals surface area contributed by atoms with Crippen LogP contribution in [0.25, 0.3) is 0 Å². The zero-order valence-electron chi connectivity index (χ0n) is 16.4. The Morgan fingerprint density at radius 2 is 1.81 bits per heavy atom. The van der Waals surface area contributed by atoms with Crippen molar-refractivity contribution in [3.05, 3.63) is 29.8 Å². The van der Waals surface area contributed by atoms with E-state index in [4.69, 9.17) is 9.84 Å². The van der Waals surface area contributed by atoms with E-state index in [-0.39, 0.29) is 17.7 Å². The van der Waals surface area contributed by atoms with Gasteiger partial charge in [0.15, 0.2) is 0 Å². The molecule has 6 heteroatoms. The zero-order valence-corrected chi connectivity index (χ0v) is 16.4. The Balaban J connectivity index is 2.13. The van der Waals surface area contributed by atoms with Gasteiger partial charge in [-0.2, -0.15) is 0 Å². The third-order valence-corrected chi connectivity index (χ3v) is 4.33. The summed E-state index contributed by atoms with van der Waals surface area (Å²) in [6, 6.07) is 6.97. The van der Waals surface area contributed by atoms with Gasteiger partial charge in [-0.15, -0.1) is 0 Å². The van der Waals surface area contributed by atoms with Gasteiger partial charge in [-0.05, 0) is 57.4 Å². The minimum Gasteiger partial charge on any atom is -0.478 e. The Kier molecular flexibility index (Phi) is 6.16. The predicted molar refractivity (Wildman–Crippen MR) is 102 cm³/mol. The third kappa shape index (κ3) is 5.38. The number of nitrogens with zero attached hydrogens (tertiary/aromatic N) is 2. The van der Waals surface area contributed by atoms with Crippen molar-refractivity contribution in [2.75, 3.05) is 24.5 Å². The first-order valence-electron chi connectivity index (χ1n) is 9.15. The first-order valence-corrected chi connectivity index (χ1v) is 9.15. The molecular formula is C20H30N2O4. The van der Waals surface area contributed by atoms with E-state index in [1.807, 2.05) is 37.8 Å². The lowest BCUT2D eigenvalue weighted by atomic mass is 10.00. The number of hydrogen-bond acceptors (Lipinski definition) is 4. The number of carboxylic acid groups (broad SMARTS) is 1. The summed E-state index contributed by atoms with van der Waals surface area (Å²) >= 11 is 0. The van der Waals surface area contributed by atoms with Gasteiger partial charge in [-0.1, -0.05) is 13.8 Å². The number of carbonyl (C=O) groups excluding carboxylic acids is 1.